The van der Waals surface area contributed by atoms with Crippen LogP contribution in [0, 0.1) is 10.1 Å². The number of amides is 1. The second-order valence-corrected chi connectivity index (χ2v) is 6.44. The van der Waals surface area contributed by atoms with Crippen LogP contribution < -0.4 is 15.6 Å². The second kappa shape index (κ2) is 7.54. The van der Waals surface area contributed by atoms with Gasteiger partial charge in [0.1, 0.15) is 12.3 Å². The van der Waals surface area contributed by atoms with Gasteiger partial charge in [0.25, 0.3) is 11.2 Å². The van der Waals surface area contributed by atoms with Gasteiger partial charge >= 0.3 is 0 Å². The zero-order valence-electron chi connectivity index (χ0n) is 14.0. The zero-order valence-corrected chi connectivity index (χ0v) is 15.6. The van der Waals surface area contributed by atoms with E-state index in [0.717, 1.165) is 4.47 Å². The van der Waals surface area contributed by atoms with Gasteiger partial charge in [-0.15, -0.1) is 0 Å². The van der Waals surface area contributed by atoms with E-state index in [1.807, 2.05) is 0 Å². The van der Waals surface area contributed by atoms with Crippen molar-refractivity contribution in [3.63, 3.8) is 0 Å². The van der Waals surface area contributed by atoms with Crippen LogP contribution in [0.2, 0.25) is 0 Å². The van der Waals surface area contributed by atoms with Crippen molar-refractivity contribution in [1.29, 1.82) is 0 Å². The first kappa shape index (κ1) is 18.5. The quantitative estimate of drug-likeness (QED) is 0.489. The second-order valence-electron chi connectivity index (χ2n) is 5.53. The molecule has 1 N–H and O–H groups in total. The highest BCUT2D eigenvalue weighted by molar-refractivity contribution is 9.10. The summed E-state index contributed by atoms with van der Waals surface area (Å²) in [5, 5.41) is 13.8. The summed E-state index contributed by atoms with van der Waals surface area (Å²) in [6, 6.07) is 8.93. The standard InChI is InChI=1S/C17H13BrN4O5/c1-27-15-7-11(22(25)26)3-5-14(15)20-16(23)8-21-9-19-13-4-2-10(18)6-12(13)17(21)24/h2-7,9H,8H2,1H3,(H,20,23). The highest BCUT2D eigenvalue weighted by atomic mass is 79.9. The molecule has 0 fully saturated rings. The number of rotatable bonds is 5. The maximum absolute atomic E-state index is 12.5. The first-order valence-corrected chi connectivity index (χ1v) is 8.45. The number of non-ortho nitro benzene ring substituents is 1. The minimum atomic E-state index is -0.563. The number of anilines is 1. The molecule has 0 unspecified atom stereocenters. The summed E-state index contributed by atoms with van der Waals surface area (Å²) >= 11 is 3.30. The minimum absolute atomic E-state index is 0.144. The van der Waals surface area contributed by atoms with Crippen molar-refractivity contribution in [1.82, 2.24) is 9.55 Å². The third kappa shape index (κ3) is 3.95. The number of fused-ring (bicyclic) bond motifs is 1. The normalized spacial score (nSPS) is 10.6. The number of benzene rings is 2. The third-order valence-corrected chi connectivity index (χ3v) is 4.26. The number of carbonyl (C=O) groups is 1. The molecule has 0 saturated carbocycles. The number of hydrogen-bond donors (Lipinski definition) is 1. The molecular weight excluding hydrogens is 420 g/mol. The maximum Gasteiger partial charge on any atom is 0.273 e. The van der Waals surface area contributed by atoms with E-state index in [-0.39, 0.29) is 29.2 Å². The molecule has 3 aromatic rings. The van der Waals surface area contributed by atoms with Crippen LogP contribution in [0.5, 0.6) is 5.75 Å². The van der Waals surface area contributed by atoms with E-state index in [9.17, 15) is 19.7 Å². The number of nitro groups is 1. The predicted molar refractivity (Wildman–Crippen MR) is 102 cm³/mol. The summed E-state index contributed by atoms with van der Waals surface area (Å²) < 4.78 is 6.99. The van der Waals surface area contributed by atoms with Gasteiger partial charge in [0.15, 0.2) is 0 Å². The van der Waals surface area contributed by atoms with E-state index >= 15 is 0 Å². The molecule has 2 aromatic carbocycles. The molecule has 1 amide bonds. The maximum atomic E-state index is 12.5. The molecule has 1 aromatic heterocycles. The summed E-state index contributed by atoms with van der Waals surface area (Å²) in [6.45, 7) is -0.269. The van der Waals surface area contributed by atoms with E-state index in [1.165, 1.54) is 36.2 Å². The first-order chi connectivity index (χ1) is 12.9. The van der Waals surface area contributed by atoms with Gasteiger partial charge < -0.3 is 10.1 Å². The van der Waals surface area contributed by atoms with Crippen molar-refractivity contribution in [2.24, 2.45) is 0 Å². The average Bonchev–Trinajstić information content (AvgIpc) is 2.64. The molecular formula is C17H13BrN4O5. The monoisotopic (exact) mass is 432 g/mol. The van der Waals surface area contributed by atoms with Crippen LogP contribution in [0.3, 0.4) is 0 Å². The number of hydrogen-bond acceptors (Lipinski definition) is 6. The molecule has 0 saturated heterocycles. The third-order valence-electron chi connectivity index (χ3n) is 3.77. The molecule has 0 aliphatic carbocycles. The Morgan fingerprint density at radius 2 is 2.11 bits per heavy atom. The predicted octanol–water partition coefficient (Wildman–Crippen LogP) is 2.71. The molecule has 0 atom stereocenters. The molecule has 0 radical (unpaired) electrons. The smallest absolute Gasteiger partial charge is 0.273 e. The number of nitrogens with one attached hydrogen (secondary N) is 1. The molecule has 0 spiro atoms. The summed E-state index contributed by atoms with van der Waals surface area (Å²) in [5.41, 5.74) is 0.270. The Morgan fingerprint density at radius 1 is 1.33 bits per heavy atom. The van der Waals surface area contributed by atoms with Crippen LogP contribution in [0.4, 0.5) is 11.4 Å². The fourth-order valence-corrected chi connectivity index (χ4v) is 2.85. The van der Waals surface area contributed by atoms with Crippen molar-refractivity contribution >= 4 is 44.1 Å². The molecule has 138 valence electrons. The Bertz CT molecular complexity index is 1110. The van der Waals surface area contributed by atoms with Crippen molar-refractivity contribution in [2.75, 3.05) is 12.4 Å². The number of nitrogens with zero attached hydrogens (tertiary/aromatic N) is 3. The zero-order chi connectivity index (χ0) is 19.6. The highest BCUT2D eigenvalue weighted by Gasteiger charge is 2.14. The Labute approximate surface area is 160 Å². The first-order valence-electron chi connectivity index (χ1n) is 7.66. The van der Waals surface area contributed by atoms with E-state index in [0.29, 0.717) is 10.9 Å². The van der Waals surface area contributed by atoms with E-state index in [1.54, 1.807) is 18.2 Å². The summed E-state index contributed by atoms with van der Waals surface area (Å²) in [6.07, 6.45) is 1.30. The van der Waals surface area contributed by atoms with Gasteiger partial charge in [-0.25, -0.2) is 4.98 Å². The lowest BCUT2D eigenvalue weighted by atomic mass is 10.2. The molecule has 27 heavy (non-hydrogen) atoms. The van der Waals surface area contributed by atoms with E-state index in [2.05, 4.69) is 26.2 Å². The Balaban J connectivity index is 1.84. The molecule has 0 aliphatic rings. The molecule has 1 heterocycles. The molecule has 9 nitrogen and oxygen atoms in total. The number of methoxy groups -OCH3 is 1. The van der Waals surface area contributed by atoms with Crippen molar-refractivity contribution < 1.29 is 14.5 Å². The van der Waals surface area contributed by atoms with Gasteiger partial charge in [-0.3, -0.25) is 24.3 Å². The fourth-order valence-electron chi connectivity index (χ4n) is 2.48. The lowest BCUT2D eigenvalue weighted by molar-refractivity contribution is -0.384. The van der Waals surface area contributed by atoms with Crippen LogP contribution in [0.15, 0.2) is 52.0 Å². The van der Waals surface area contributed by atoms with E-state index < -0.39 is 10.8 Å². The lowest BCUT2D eigenvalue weighted by Gasteiger charge is -2.11. The number of ether oxygens (including phenoxy) is 1. The van der Waals surface area contributed by atoms with Gasteiger partial charge in [-0.2, -0.15) is 0 Å². The molecule has 0 bridgehead atoms. The summed E-state index contributed by atoms with van der Waals surface area (Å²) in [4.78, 5) is 39.3. The van der Waals surface area contributed by atoms with Crippen molar-refractivity contribution in [3.05, 3.63) is 67.7 Å². The average molecular weight is 433 g/mol. The highest BCUT2D eigenvalue weighted by Crippen LogP contribution is 2.28. The van der Waals surface area contributed by atoms with Crippen LogP contribution in [0.1, 0.15) is 0 Å². The Morgan fingerprint density at radius 3 is 2.81 bits per heavy atom. The van der Waals surface area contributed by atoms with Crippen LogP contribution >= 0.6 is 15.9 Å². The topological polar surface area (TPSA) is 116 Å². The molecule has 3 rings (SSSR count). The number of carbonyl (C=O) groups excluding carboxylic acids is 1. The van der Waals surface area contributed by atoms with E-state index in [4.69, 9.17) is 4.74 Å². The number of aromatic nitrogens is 2. The van der Waals surface area contributed by atoms with Gasteiger partial charge in [0.05, 0.1) is 41.0 Å². The largest absolute Gasteiger partial charge is 0.494 e. The summed E-state index contributed by atoms with van der Waals surface area (Å²) in [7, 11) is 1.34. The minimum Gasteiger partial charge on any atom is -0.494 e. The Hall–Kier alpha value is -3.27. The SMILES string of the molecule is COc1cc([N+](=O)[O-])ccc1NC(=O)Cn1cnc2ccc(Br)cc2c1=O. The van der Waals surface area contributed by atoms with Crippen molar-refractivity contribution in [3.8, 4) is 5.75 Å². The van der Waals surface area contributed by atoms with Crippen LogP contribution in [-0.4, -0.2) is 27.5 Å². The lowest BCUT2D eigenvalue weighted by Crippen LogP contribution is -2.28. The van der Waals surface area contributed by atoms with Gasteiger partial charge in [0, 0.05) is 10.5 Å². The molecule has 10 heteroatoms. The van der Waals surface area contributed by atoms with Crippen molar-refractivity contribution in [2.45, 2.75) is 6.54 Å². The van der Waals surface area contributed by atoms with Crippen LogP contribution in [0.25, 0.3) is 10.9 Å². The van der Waals surface area contributed by atoms with Gasteiger partial charge in [-0.05, 0) is 24.3 Å². The fraction of sp³-hybridized carbons (Fsp3) is 0.118. The Kier molecular flexibility index (Phi) is 5.17. The molecule has 0 aliphatic heterocycles. The van der Waals surface area contributed by atoms with Gasteiger partial charge in [-0.1, -0.05) is 15.9 Å². The number of halogens is 1. The van der Waals surface area contributed by atoms with Crippen LogP contribution in [-0.2, 0) is 11.3 Å². The summed E-state index contributed by atoms with van der Waals surface area (Å²) in [5.74, 6) is -0.356. The number of nitro benzene ring substituents is 1. The van der Waals surface area contributed by atoms with Gasteiger partial charge in [0.2, 0.25) is 5.91 Å².